The minimum Gasteiger partial charge on any atom is -0.481 e. The van der Waals surface area contributed by atoms with Gasteiger partial charge in [-0.25, -0.2) is 0 Å². The second kappa shape index (κ2) is 9.06. The molecule has 4 nitrogen and oxygen atoms in total. The lowest BCUT2D eigenvalue weighted by Crippen LogP contribution is -2.45. The van der Waals surface area contributed by atoms with Crippen molar-refractivity contribution in [1.82, 2.24) is 4.90 Å². The molecule has 1 aliphatic heterocycles. The zero-order valence-corrected chi connectivity index (χ0v) is 15.6. The molecule has 3 rings (SSSR count). The summed E-state index contributed by atoms with van der Waals surface area (Å²) in [6, 6.07) is 18.7. The number of hydrogen-bond donors (Lipinski definition) is 1. The maximum absolute atomic E-state index is 11.1. The second-order valence-corrected chi connectivity index (χ2v) is 7.23. The summed E-state index contributed by atoms with van der Waals surface area (Å²) < 4.78 is 0. The van der Waals surface area contributed by atoms with Crippen LogP contribution in [0.25, 0.3) is 0 Å². The molecule has 0 atom stereocenters. The van der Waals surface area contributed by atoms with Crippen molar-refractivity contribution >= 4 is 23.3 Å². The van der Waals surface area contributed by atoms with Crippen molar-refractivity contribution in [2.75, 3.05) is 24.5 Å². The number of aliphatic carboxylic acids is 1. The molecule has 0 aromatic heterocycles. The first kappa shape index (κ1) is 18.7. The van der Waals surface area contributed by atoms with E-state index >= 15 is 0 Å². The molecular formula is C21H25ClN2O2. The third-order valence-electron chi connectivity index (χ3n) is 5.01. The van der Waals surface area contributed by atoms with Gasteiger partial charge in [-0.3, -0.25) is 9.69 Å². The van der Waals surface area contributed by atoms with Crippen LogP contribution in [0.2, 0.25) is 5.02 Å². The smallest absolute Gasteiger partial charge is 0.304 e. The first-order valence-electron chi connectivity index (χ1n) is 9.12. The highest BCUT2D eigenvalue weighted by Crippen LogP contribution is 2.24. The fraction of sp³-hybridized carbons (Fsp3) is 0.381. The van der Waals surface area contributed by atoms with Crippen LogP contribution in [0.3, 0.4) is 0 Å². The quantitative estimate of drug-likeness (QED) is 0.787. The molecule has 0 aliphatic carbocycles. The summed E-state index contributed by atoms with van der Waals surface area (Å²) in [6.45, 7) is 3.34. The molecule has 138 valence electrons. The molecule has 1 saturated heterocycles. The molecule has 5 heteroatoms. The molecular weight excluding hydrogens is 348 g/mol. The summed E-state index contributed by atoms with van der Waals surface area (Å²) in [5.74, 6) is -0.743. The van der Waals surface area contributed by atoms with Crippen LogP contribution in [-0.2, 0) is 11.3 Å². The van der Waals surface area contributed by atoms with Crippen LogP contribution in [0.4, 0.5) is 5.69 Å². The number of piperidine rings is 1. The SMILES string of the molecule is O=C(O)CCN(Cc1ccc(Cl)cc1)C1CCN(c2ccccc2)CC1. The lowest BCUT2D eigenvalue weighted by molar-refractivity contribution is -0.137. The number of rotatable bonds is 7. The Kier molecular flexibility index (Phi) is 6.53. The van der Waals surface area contributed by atoms with Crippen molar-refractivity contribution in [3.63, 3.8) is 0 Å². The monoisotopic (exact) mass is 372 g/mol. The fourth-order valence-electron chi connectivity index (χ4n) is 3.58. The van der Waals surface area contributed by atoms with E-state index in [0.29, 0.717) is 12.6 Å². The highest BCUT2D eigenvalue weighted by Gasteiger charge is 2.25. The third-order valence-corrected chi connectivity index (χ3v) is 5.27. The molecule has 0 saturated carbocycles. The van der Waals surface area contributed by atoms with Gasteiger partial charge in [-0.2, -0.15) is 0 Å². The number of halogens is 1. The summed E-state index contributed by atoms with van der Waals surface area (Å²) in [5, 5.41) is 9.83. The topological polar surface area (TPSA) is 43.8 Å². The van der Waals surface area contributed by atoms with Crippen LogP contribution in [0.1, 0.15) is 24.8 Å². The lowest BCUT2D eigenvalue weighted by Gasteiger charge is -2.39. The highest BCUT2D eigenvalue weighted by atomic mass is 35.5. The first-order valence-corrected chi connectivity index (χ1v) is 9.50. The molecule has 0 spiro atoms. The molecule has 2 aromatic carbocycles. The third kappa shape index (κ3) is 5.23. The van der Waals surface area contributed by atoms with E-state index in [1.165, 1.54) is 11.3 Å². The molecule has 26 heavy (non-hydrogen) atoms. The average molecular weight is 373 g/mol. The van der Waals surface area contributed by atoms with Gasteiger partial charge in [-0.1, -0.05) is 41.9 Å². The molecule has 0 amide bonds. The van der Waals surface area contributed by atoms with E-state index in [0.717, 1.165) is 37.5 Å². The zero-order valence-electron chi connectivity index (χ0n) is 14.9. The Morgan fingerprint density at radius 3 is 2.35 bits per heavy atom. The number of carboxylic acids is 1. The van der Waals surface area contributed by atoms with Crippen molar-refractivity contribution in [2.45, 2.75) is 31.8 Å². The van der Waals surface area contributed by atoms with Crippen molar-refractivity contribution in [3.05, 3.63) is 65.2 Å². The molecule has 1 N–H and O–H groups in total. The molecule has 0 bridgehead atoms. The van der Waals surface area contributed by atoms with Gasteiger partial charge in [0.15, 0.2) is 0 Å². The van der Waals surface area contributed by atoms with E-state index in [4.69, 9.17) is 16.7 Å². The van der Waals surface area contributed by atoms with Gasteiger partial charge in [-0.15, -0.1) is 0 Å². The van der Waals surface area contributed by atoms with E-state index in [-0.39, 0.29) is 6.42 Å². The van der Waals surface area contributed by atoms with Crippen molar-refractivity contribution < 1.29 is 9.90 Å². The minimum atomic E-state index is -0.743. The van der Waals surface area contributed by atoms with Crippen molar-refractivity contribution in [2.24, 2.45) is 0 Å². The summed E-state index contributed by atoms with van der Waals surface area (Å²) in [6.07, 6.45) is 2.26. The molecule has 1 aliphatic rings. The van der Waals surface area contributed by atoms with Crippen LogP contribution in [0, 0.1) is 0 Å². The van der Waals surface area contributed by atoms with Crippen LogP contribution < -0.4 is 4.90 Å². The van der Waals surface area contributed by atoms with Gasteiger partial charge in [0.1, 0.15) is 0 Å². The summed E-state index contributed by atoms with van der Waals surface area (Å²) in [4.78, 5) is 15.8. The molecule has 1 heterocycles. The largest absolute Gasteiger partial charge is 0.481 e. The van der Waals surface area contributed by atoms with Crippen LogP contribution >= 0.6 is 11.6 Å². The summed E-state index contributed by atoms with van der Waals surface area (Å²) in [7, 11) is 0. The maximum atomic E-state index is 11.1. The predicted octanol–water partition coefficient (Wildman–Crippen LogP) is 4.29. The number of benzene rings is 2. The normalized spacial score (nSPS) is 15.4. The van der Waals surface area contributed by atoms with E-state index < -0.39 is 5.97 Å². The van der Waals surface area contributed by atoms with E-state index in [2.05, 4.69) is 34.1 Å². The number of hydrogen-bond acceptors (Lipinski definition) is 3. The van der Waals surface area contributed by atoms with Crippen LogP contribution in [-0.4, -0.2) is 41.7 Å². The van der Waals surface area contributed by atoms with Crippen LogP contribution in [0.5, 0.6) is 0 Å². The Bertz CT molecular complexity index is 698. The van der Waals surface area contributed by atoms with E-state index in [1.807, 2.05) is 30.3 Å². The number of para-hydroxylation sites is 1. The highest BCUT2D eigenvalue weighted by molar-refractivity contribution is 6.30. The van der Waals surface area contributed by atoms with Gasteiger partial charge in [-0.05, 0) is 42.7 Å². The Hall–Kier alpha value is -2.04. The zero-order chi connectivity index (χ0) is 18.4. The predicted molar refractivity (Wildman–Crippen MR) is 106 cm³/mol. The number of anilines is 1. The van der Waals surface area contributed by atoms with Gasteiger partial charge in [0.2, 0.25) is 0 Å². The number of carbonyl (C=O) groups is 1. The van der Waals surface area contributed by atoms with Crippen molar-refractivity contribution in [1.29, 1.82) is 0 Å². The Morgan fingerprint density at radius 2 is 1.73 bits per heavy atom. The van der Waals surface area contributed by atoms with Gasteiger partial charge >= 0.3 is 5.97 Å². The molecule has 0 radical (unpaired) electrons. The fourth-order valence-corrected chi connectivity index (χ4v) is 3.71. The first-order chi connectivity index (χ1) is 12.6. The van der Waals surface area contributed by atoms with Gasteiger partial charge < -0.3 is 10.0 Å². The van der Waals surface area contributed by atoms with Crippen molar-refractivity contribution in [3.8, 4) is 0 Å². The molecule has 2 aromatic rings. The van der Waals surface area contributed by atoms with E-state index in [9.17, 15) is 4.79 Å². The minimum absolute atomic E-state index is 0.173. The Labute approximate surface area is 160 Å². The number of carboxylic acid groups (broad SMARTS) is 1. The standard InChI is InChI=1S/C21H25ClN2O2/c22-18-8-6-17(7-9-18)16-24(15-12-21(25)26)20-10-13-23(14-11-20)19-4-2-1-3-5-19/h1-9,20H,10-16H2,(H,25,26). The summed E-state index contributed by atoms with van der Waals surface area (Å²) in [5.41, 5.74) is 2.44. The Balaban J connectivity index is 1.63. The maximum Gasteiger partial charge on any atom is 0.304 e. The van der Waals surface area contributed by atoms with Crippen LogP contribution in [0.15, 0.2) is 54.6 Å². The van der Waals surface area contributed by atoms with Gasteiger partial charge in [0, 0.05) is 42.9 Å². The van der Waals surface area contributed by atoms with Gasteiger partial charge in [0.05, 0.1) is 6.42 Å². The number of nitrogens with zero attached hydrogens (tertiary/aromatic N) is 2. The Morgan fingerprint density at radius 1 is 1.08 bits per heavy atom. The molecule has 0 unspecified atom stereocenters. The van der Waals surface area contributed by atoms with E-state index in [1.54, 1.807) is 0 Å². The molecule has 1 fully saturated rings. The van der Waals surface area contributed by atoms with Gasteiger partial charge in [0.25, 0.3) is 0 Å². The lowest BCUT2D eigenvalue weighted by atomic mass is 10.0. The second-order valence-electron chi connectivity index (χ2n) is 6.79. The average Bonchev–Trinajstić information content (AvgIpc) is 2.67. The summed E-state index contributed by atoms with van der Waals surface area (Å²) >= 11 is 5.98.